The first-order chi connectivity index (χ1) is 10.3. The van der Waals surface area contributed by atoms with Crippen molar-refractivity contribution in [2.45, 2.75) is 6.42 Å². The van der Waals surface area contributed by atoms with E-state index in [9.17, 15) is 4.79 Å². The van der Waals surface area contributed by atoms with Gasteiger partial charge in [-0.25, -0.2) is 4.79 Å². The molecule has 1 aliphatic carbocycles. The molecule has 0 saturated carbocycles. The van der Waals surface area contributed by atoms with Crippen molar-refractivity contribution in [1.82, 2.24) is 0 Å². The van der Waals surface area contributed by atoms with Crippen LogP contribution in [0.4, 0.5) is 0 Å². The summed E-state index contributed by atoms with van der Waals surface area (Å²) in [5.41, 5.74) is 6.30. The highest BCUT2D eigenvalue weighted by molar-refractivity contribution is 6.26. The summed E-state index contributed by atoms with van der Waals surface area (Å²) in [6.45, 7) is 0.470. The number of benzene rings is 2. The molecule has 2 heteroatoms. The van der Waals surface area contributed by atoms with Crippen LogP contribution >= 0.6 is 0 Å². The minimum Gasteiger partial charge on any atom is -0.462 e. The SMILES string of the molecule is O=C1OCCC2=C1c1ccccc1/C2=C\c1ccccc1. The van der Waals surface area contributed by atoms with Gasteiger partial charge in [-0.05, 0) is 33.9 Å². The highest BCUT2D eigenvalue weighted by Gasteiger charge is 2.33. The van der Waals surface area contributed by atoms with E-state index in [0.29, 0.717) is 6.61 Å². The number of allylic oxidation sites excluding steroid dienone is 1. The lowest BCUT2D eigenvalue weighted by molar-refractivity contribution is -0.137. The van der Waals surface area contributed by atoms with Gasteiger partial charge in [-0.15, -0.1) is 0 Å². The Morgan fingerprint density at radius 1 is 0.905 bits per heavy atom. The van der Waals surface area contributed by atoms with Crippen LogP contribution < -0.4 is 0 Å². The van der Waals surface area contributed by atoms with Crippen molar-refractivity contribution < 1.29 is 9.53 Å². The fourth-order valence-electron chi connectivity index (χ4n) is 3.09. The second kappa shape index (κ2) is 4.74. The maximum absolute atomic E-state index is 12.1. The number of cyclic esters (lactones) is 1. The average molecular weight is 274 g/mol. The van der Waals surface area contributed by atoms with Gasteiger partial charge < -0.3 is 4.74 Å². The van der Waals surface area contributed by atoms with Crippen LogP contribution in [0.1, 0.15) is 23.1 Å². The number of hydrogen-bond acceptors (Lipinski definition) is 2. The number of carbonyl (C=O) groups is 1. The van der Waals surface area contributed by atoms with Gasteiger partial charge in [-0.3, -0.25) is 0 Å². The van der Waals surface area contributed by atoms with E-state index < -0.39 is 0 Å². The molecule has 0 fully saturated rings. The van der Waals surface area contributed by atoms with Crippen molar-refractivity contribution in [3.05, 3.63) is 76.9 Å². The number of ether oxygens (including phenoxy) is 1. The highest BCUT2D eigenvalue weighted by atomic mass is 16.5. The molecule has 0 atom stereocenters. The Labute approximate surface area is 123 Å². The Morgan fingerprint density at radius 3 is 2.43 bits per heavy atom. The fraction of sp³-hybridized carbons (Fsp3) is 0.105. The largest absolute Gasteiger partial charge is 0.462 e. The summed E-state index contributed by atoms with van der Waals surface area (Å²) in [7, 11) is 0. The summed E-state index contributed by atoms with van der Waals surface area (Å²) in [6, 6.07) is 18.3. The van der Waals surface area contributed by atoms with E-state index in [1.807, 2.05) is 36.4 Å². The molecular formula is C19H14O2. The van der Waals surface area contributed by atoms with Gasteiger partial charge in [0, 0.05) is 6.42 Å². The minimum atomic E-state index is -0.194. The third kappa shape index (κ3) is 1.91. The molecule has 0 unspecified atom stereocenters. The molecule has 21 heavy (non-hydrogen) atoms. The second-order valence-electron chi connectivity index (χ2n) is 5.25. The molecule has 0 aromatic heterocycles. The van der Waals surface area contributed by atoms with Crippen molar-refractivity contribution in [2.75, 3.05) is 6.61 Å². The topological polar surface area (TPSA) is 26.3 Å². The summed E-state index contributed by atoms with van der Waals surface area (Å²) in [4.78, 5) is 12.1. The van der Waals surface area contributed by atoms with Gasteiger partial charge in [0.1, 0.15) is 0 Å². The first kappa shape index (κ1) is 12.2. The van der Waals surface area contributed by atoms with E-state index in [0.717, 1.165) is 39.8 Å². The molecule has 1 aliphatic heterocycles. The molecule has 2 aliphatic rings. The van der Waals surface area contributed by atoms with Crippen LogP contribution in [0.3, 0.4) is 0 Å². The van der Waals surface area contributed by atoms with Gasteiger partial charge in [0.15, 0.2) is 0 Å². The van der Waals surface area contributed by atoms with Crippen molar-refractivity contribution in [1.29, 1.82) is 0 Å². The van der Waals surface area contributed by atoms with E-state index in [1.165, 1.54) is 0 Å². The van der Waals surface area contributed by atoms with Gasteiger partial charge in [0.05, 0.1) is 12.2 Å². The Hall–Kier alpha value is -2.61. The summed E-state index contributed by atoms with van der Waals surface area (Å²) in [5.74, 6) is -0.194. The number of hydrogen-bond donors (Lipinski definition) is 0. The fourth-order valence-corrected chi connectivity index (χ4v) is 3.09. The highest BCUT2D eigenvalue weighted by Crippen LogP contribution is 2.45. The molecule has 0 radical (unpaired) electrons. The van der Waals surface area contributed by atoms with Crippen molar-refractivity contribution in [2.24, 2.45) is 0 Å². The standard InChI is InChI=1S/C19H14O2/c20-19-18-15-9-5-4-8-14(15)17(16(18)10-11-21-19)12-13-6-2-1-3-7-13/h1-9,12H,10-11H2/b17-12+. The maximum Gasteiger partial charge on any atom is 0.339 e. The molecule has 0 spiro atoms. The molecule has 102 valence electrons. The molecule has 2 aromatic carbocycles. The van der Waals surface area contributed by atoms with Crippen LogP contribution in [0.25, 0.3) is 17.2 Å². The van der Waals surface area contributed by atoms with Gasteiger partial charge in [0.25, 0.3) is 0 Å². The predicted molar refractivity (Wildman–Crippen MR) is 83.3 cm³/mol. The first-order valence-electron chi connectivity index (χ1n) is 7.12. The zero-order chi connectivity index (χ0) is 14.2. The lowest BCUT2D eigenvalue weighted by atomic mass is 9.97. The van der Waals surface area contributed by atoms with Crippen LogP contribution in [-0.2, 0) is 9.53 Å². The number of rotatable bonds is 1. The van der Waals surface area contributed by atoms with E-state index >= 15 is 0 Å². The third-order valence-electron chi connectivity index (χ3n) is 4.01. The summed E-state index contributed by atoms with van der Waals surface area (Å²) >= 11 is 0. The van der Waals surface area contributed by atoms with Crippen LogP contribution in [0, 0.1) is 0 Å². The molecule has 1 heterocycles. The number of fused-ring (bicyclic) bond motifs is 2. The Bertz CT molecular complexity index is 782. The lowest BCUT2D eigenvalue weighted by Gasteiger charge is -2.15. The van der Waals surface area contributed by atoms with Crippen LogP contribution in [0.15, 0.2) is 60.2 Å². The molecule has 4 rings (SSSR count). The second-order valence-corrected chi connectivity index (χ2v) is 5.25. The van der Waals surface area contributed by atoms with E-state index in [2.05, 4.69) is 24.3 Å². The molecule has 0 bridgehead atoms. The van der Waals surface area contributed by atoms with E-state index in [1.54, 1.807) is 0 Å². The number of carbonyl (C=O) groups excluding carboxylic acids is 1. The van der Waals surface area contributed by atoms with Crippen LogP contribution in [-0.4, -0.2) is 12.6 Å². The van der Waals surface area contributed by atoms with Gasteiger partial charge in [0.2, 0.25) is 0 Å². The van der Waals surface area contributed by atoms with Crippen molar-refractivity contribution in [3.8, 4) is 0 Å². The molecule has 2 aromatic rings. The van der Waals surface area contributed by atoms with Gasteiger partial charge >= 0.3 is 5.97 Å². The molecular weight excluding hydrogens is 260 g/mol. The predicted octanol–water partition coefficient (Wildman–Crippen LogP) is 3.94. The third-order valence-corrected chi connectivity index (χ3v) is 4.01. The summed E-state index contributed by atoms with van der Waals surface area (Å²) in [6.07, 6.45) is 2.95. The monoisotopic (exact) mass is 274 g/mol. The zero-order valence-corrected chi connectivity index (χ0v) is 11.5. The summed E-state index contributed by atoms with van der Waals surface area (Å²) < 4.78 is 5.22. The van der Waals surface area contributed by atoms with Crippen molar-refractivity contribution >= 4 is 23.2 Å². The molecule has 0 amide bonds. The zero-order valence-electron chi connectivity index (χ0n) is 11.5. The Kier molecular flexibility index (Phi) is 2.74. The van der Waals surface area contributed by atoms with Gasteiger partial charge in [-0.2, -0.15) is 0 Å². The van der Waals surface area contributed by atoms with Gasteiger partial charge in [-0.1, -0.05) is 54.6 Å². The quantitative estimate of drug-likeness (QED) is 0.736. The minimum absolute atomic E-state index is 0.194. The normalized spacial score (nSPS) is 18.5. The first-order valence-corrected chi connectivity index (χ1v) is 7.12. The number of esters is 1. The smallest absolute Gasteiger partial charge is 0.339 e. The molecule has 0 saturated heterocycles. The maximum atomic E-state index is 12.1. The molecule has 2 nitrogen and oxygen atoms in total. The van der Waals surface area contributed by atoms with E-state index in [-0.39, 0.29) is 5.97 Å². The summed E-state index contributed by atoms with van der Waals surface area (Å²) in [5, 5.41) is 0. The Balaban J connectivity index is 1.94. The molecule has 0 N–H and O–H groups in total. The van der Waals surface area contributed by atoms with Crippen molar-refractivity contribution in [3.63, 3.8) is 0 Å². The van der Waals surface area contributed by atoms with E-state index in [4.69, 9.17) is 4.74 Å². The average Bonchev–Trinajstić information content (AvgIpc) is 2.84. The lowest BCUT2D eigenvalue weighted by Crippen LogP contribution is -2.14. The van der Waals surface area contributed by atoms with Crippen LogP contribution in [0.2, 0.25) is 0 Å². The van der Waals surface area contributed by atoms with Crippen LogP contribution in [0.5, 0.6) is 0 Å². The Morgan fingerprint density at radius 2 is 1.62 bits per heavy atom.